The van der Waals surface area contributed by atoms with Crippen LogP contribution in [0.3, 0.4) is 0 Å². The summed E-state index contributed by atoms with van der Waals surface area (Å²) in [5.41, 5.74) is -3.61. The van der Waals surface area contributed by atoms with Gasteiger partial charge in [0, 0.05) is 0 Å². The molecule has 0 aliphatic heterocycles. The van der Waals surface area contributed by atoms with E-state index in [1.54, 1.807) is 0 Å². The second-order valence-electron chi connectivity index (χ2n) is 5.28. The number of alkyl halides is 14. The van der Waals surface area contributed by atoms with Crippen LogP contribution in [-0.2, 0) is 15.7 Å². The van der Waals surface area contributed by atoms with Gasteiger partial charge in [-0.25, -0.2) is 0 Å². The molecule has 172 valence electrons. The minimum absolute atomic E-state index is 0.135. The maximum Gasteiger partial charge on any atom is 0.462 e. The molecule has 0 spiro atoms. The lowest BCUT2D eigenvalue weighted by atomic mass is 10.1. The van der Waals surface area contributed by atoms with Crippen LogP contribution in [0.25, 0.3) is 0 Å². The highest BCUT2D eigenvalue weighted by molar-refractivity contribution is 5.97. The molecule has 0 saturated heterocycles. The van der Waals surface area contributed by atoms with E-state index in [2.05, 4.69) is 0 Å². The Balaban J connectivity index is 3.43. The normalized spacial score (nSPS) is 16.2. The van der Waals surface area contributed by atoms with Crippen LogP contribution in [0.2, 0.25) is 0 Å². The van der Waals surface area contributed by atoms with Crippen molar-refractivity contribution in [3.63, 3.8) is 0 Å². The van der Waals surface area contributed by atoms with Crippen LogP contribution in [0, 0.1) is 0 Å². The van der Waals surface area contributed by atoms with Crippen molar-refractivity contribution in [2.75, 3.05) is 5.32 Å². The fraction of sp³-hybridized carbons (Fsp3) is 0.462. The van der Waals surface area contributed by atoms with Gasteiger partial charge >= 0.3 is 36.4 Å². The summed E-state index contributed by atoms with van der Waals surface area (Å²) < 4.78 is 180. The molecular formula is C13H5F14NO2. The van der Waals surface area contributed by atoms with E-state index in [-0.39, 0.29) is 12.1 Å². The predicted octanol–water partition coefficient (Wildman–Crippen LogP) is 5.68. The van der Waals surface area contributed by atoms with E-state index in [0.29, 0.717) is 17.4 Å². The molecular weight excluding hydrogens is 468 g/mol. The van der Waals surface area contributed by atoms with E-state index < -0.39 is 53.6 Å². The summed E-state index contributed by atoms with van der Waals surface area (Å²) in [5, 5.41) is 0.539. The van der Waals surface area contributed by atoms with Gasteiger partial charge in [0.15, 0.2) is 0 Å². The van der Waals surface area contributed by atoms with E-state index in [4.69, 9.17) is 0 Å². The molecule has 1 N–H and O–H groups in total. The van der Waals surface area contributed by atoms with Crippen molar-refractivity contribution in [1.29, 1.82) is 0 Å². The van der Waals surface area contributed by atoms with Crippen molar-refractivity contribution in [3.8, 4) is 0 Å². The zero-order valence-electron chi connectivity index (χ0n) is 13.4. The van der Waals surface area contributed by atoms with Gasteiger partial charge in [0.05, 0.1) is 11.3 Å². The lowest BCUT2D eigenvalue weighted by molar-refractivity contribution is -0.472. The van der Waals surface area contributed by atoms with Crippen molar-refractivity contribution >= 4 is 11.6 Å². The van der Waals surface area contributed by atoms with Crippen LogP contribution in [0.4, 0.5) is 67.2 Å². The molecule has 17 heteroatoms. The zero-order valence-corrected chi connectivity index (χ0v) is 13.4. The van der Waals surface area contributed by atoms with Crippen LogP contribution in [0.1, 0.15) is 5.56 Å². The van der Waals surface area contributed by atoms with E-state index in [9.17, 15) is 66.3 Å². The number of amides is 1. The van der Waals surface area contributed by atoms with Gasteiger partial charge in [0.25, 0.3) is 5.91 Å². The molecule has 0 heterocycles. The number of rotatable bonds is 5. The molecule has 1 aromatic rings. The third kappa shape index (κ3) is 4.70. The Labute approximate surface area is 155 Å². The Morgan fingerprint density at radius 1 is 0.733 bits per heavy atom. The Kier molecular flexibility index (Phi) is 6.36. The third-order valence-corrected chi connectivity index (χ3v) is 3.13. The first-order valence-corrected chi connectivity index (χ1v) is 6.84. The number of anilines is 1. The Morgan fingerprint density at radius 3 is 1.60 bits per heavy atom. The summed E-state index contributed by atoms with van der Waals surface area (Å²) in [5.74, 6) is -17.6. The number of nitrogens with one attached hydrogen (secondary N) is 1. The molecule has 1 rings (SSSR count). The first kappa shape index (κ1) is 25.7. The van der Waals surface area contributed by atoms with Gasteiger partial charge in [-0.15, -0.1) is 0 Å². The molecule has 0 radical (unpaired) electrons. The maximum absolute atomic E-state index is 14.0. The number of hydrogen-bond acceptors (Lipinski definition) is 2. The fourth-order valence-electron chi connectivity index (χ4n) is 1.68. The molecule has 0 aliphatic rings. The highest BCUT2D eigenvalue weighted by Crippen LogP contribution is 2.51. The molecule has 0 aromatic heterocycles. The zero-order chi connectivity index (χ0) is 24.0. The summed E-state index contributed by atoms with van der Waals surface area (Å²) >= 11 is 0. The Bertz CT molecular complexity index is 781. The Morgan fingerprint density at radius 2 is 1.20 bits per heavy atom. The fourth-order valence-corrected chi connectivity index (χ4v) is 1.68. The van der Waals surface area contributed by atoms with Crippen molar-refractivity contribution in [2.24, 2.45) is 0 Å². The van der Waals surface area contributed by atoms with Gasteiger partial charge in [-0.2, -0.15) is 61.5 Å². The molecule has 1 atom stereocenters. The number of ether oxygens (including phenoxy) is 1. The first-order valence-electron chi connectivity index (χ1n) is 6.84. The molecule has 30 heavy (non-hydrogen) atoms. The average Bonchev–Trinajstić information content (AvgIpc) is 2.51. The van der Waals surface area contributed by atoms with E-state index in [1.807, 2.05) is 4.74 Å². The summed E-state index contributed by atoms with van der Waals surface area (Å²) in [6.45, 7) is 0. The number of carbonyl (C=O) groups excluding carboxylic acids is 1. The van der Waals surface area contributed by atoms with Crippen LogP contribution in [-0.4, -0.2) is 36.1 Å². The maximum atomic E-state index is 14.0. The minimum Gasteiger partial charge on any atom is -0.320 e. The predicted molar refractivity (Wildman–Crippen MR) is 67.0 cm³/mol. The Hall–Kier alpha value is -2.33. The standard InChI is InChI=1S/C13H5F14NO2/c14-8(11(20,21)22,30-13(26,27)10(18,19)12(23,24)25)7(29)28-6-4-2-1-3-5(6)9(15,16)17/h1-4H,(H,28,29)/t8-/m0/s1. The van der Waals surface area contributed by atoms with Crippen molar-refractivity contribution in [2.45, 2.75) is 36.4 Å². The lowest BCUT2D eigenvalue weighted by Gasteiger charge is -2.34. The van der Waals surface area contributed by atoms with Gasteiger partial charge in [0.2, 0.25) is 0 Å². The van der Waals surface area contributed by atoms with Crippen LogP contribution in [0.5, 0.6) is 0 Å². The summed E-state index contributed by atoms with van der Waals surface area (Å²) in [6, 6.07) is 1.63. The van der Waals surface area contributed by atoms with Gasteiger partial charge in [-0.1, -0.05) is 12.1 Å². The van der Waals surface area contributed by atoms with E-state index >= 15 is 0 Å². The van der Waals surface area contributed by atoms with Crippen LogP contribution in [0.15, 0.2) is 24.3 Å². The number of benzene rings is 1. The van der Waals surface area contributed by atoms with Crippen LogP contribution >= 0.6 is 0 Å². The van der Waals surface area contributed by atoms with Crippen molar-refractivity contribution in [3.05, 3.63) is 29.8 Å². The molecule has 0 aliphatic carbocycles. The highest BCUT2D eigenvalue weighted by Gasteiger charge is 2.79. The van der Waals surface area contributed by atoms with Gasteiger partial charge < -0.3 is 5.32 Å². The van der Waals surface area contributed by atoms with Gasteiger partial charge in [0.1, 0.15) is 0 Å². The topological polar surface area (TPSA) is 38.3 Å². The summed E-state index contributed by atoms with van der Waals surface area (Å²) in [7, 11) is 0. The lowest BCUT2D eigenvalue weighted by Crippen LogP contribution is -2.62. The van der Waals surface area contributed by atoms with Crippen molar-refractivity contribution < 1.29 is 71.0 Å². The molecule has 0 unspecified atom stereocenters. The van der Waals surface area contributed by atoms with E-state index in [1.165, 1.54) is 0 Å². The number of para-hydroxylation sites is 1. The molecule has 1 aromatic carbocycles. The number of hydrogen-bond donors (Lipinski definition) is 1. The molecule has 3 nitrogen and oxygen atoms in total. The second-order valence-corrected chi connectivity index (χ2v) is 5.28. The smallest absolute Gasteiger partial charge is 0.320 e. The SMILES string of the molecule is O=C(Nc1ccccc1C(F)(F)F)[C@](F)(OC(F)(F)C(F)(F)C(F)(F)F)C(F)(F)F. The van der Waals surface area contributed by atoms with Crippen molar-refractivity contribution in [1.82, 2.24) is 0 Å². The average molecular weight is 473 g/mol. The van der Waals surface area contributed by atoms with Crippen LogP contribution < -0.4 is 5.32 Å². The summed E-state index contributed by atoms with van der Waals surface area (Å²) in [6.07, 6.45) is -27.0. The number of halogens is 14. The molecule has 1 amide bonds. The largest absolute Gasteiger partial charge is 0.462 e. The number of carbonyl (C=O) groups is 1. The first-order chi connectivity index (χ1) is 13.1. The highest BCUT2D eigenvalue weighted by atomic mass is 19.4. The second kappa shape index (κ2) is 7.42. The van der Waals surface area contributed by atoms with E-state index in [0.717, 1.165) is 0 Å². The summed E-state index contributed by atoms with van der Waals surface area (Å²) in [4.78, 5) is 11.5. The minimum atomic E-state index is -7.42. The molecule has 0 saturated carbocycles. The van der Waals surface area contributed by atoms with Gasteiger partial charge in [-0.3, -0.25) is 9.53 Å². The molecule has 0 bridgehead atoms. The quantitative estimate of drug-likeness (QED) is 0.560. The molecule has 0 fully saturated rings. The monoisotopic (exact) mass is 473 g/mol. The van der Waals surface area contributed by atoms with Gasteiger partial charge in [-0.05, 0) is 12.1 Å². The third-order valence-electron chi connectivity index (χ3n) is 3.13.